The van der Waals surface area contributed by atoms with Crippen molar-refractivity contribution >= 4 is 23.1 Å². The number of likely N-dealkylation sites (N-methyl/N-ethyl adjacent to an activating group) is 1. The van der Waals surface area contributed by atoms with Gasteiger partial charge >= 0.3 is 0 Å². The lowest BCUT2D eigenvalue weighted by Gasteiger charge is -2.21. The zero-order chi connectivity index (χ0) is 20.4. The fraction of sp³-hybridized carbons (Fsp3) is 0.273. The molecule has 146 valence electrons. The summed E-state index contributed by atoms with van der Waals surface area (Å²) in [7, 11) is 3.27. The first-order valence-electron chi connectivity index (χ1n) is 9.05. The Morgan fingerprint density at radius 1 is 1.04 bits per heavy atom. The minimum atomic E-state index is -0.388. The molecule has 6 nitrogen and oxygen atoms in total. The van der Waals surface area contributed by atoms with Gasteiger partial charge in [-0.05, 0) is 48.7 Å². The van der Waals surface area contributed by atoms with Gasteiger partial charge in [-0.1, -0.05) is 24.3 Å². The Morgan fingerprint density at radius 3 is 2.32 bits per heavy atom. The zero-order valence-electron chi connectivity index (χ0n) is 16.5. The number of anilines is 1. The van der Waals surface area contributed by atoms with Crippen LogP contribution in [0.3, 0.4) is 0 Å². The van der Waals surface area contributed by atoms with E-state index in [1.165, 1.54) is 4.90 Å². The van der Waals surface area contributed by atoms with Crippen molar-refractivity contribution in [3.8, 4) is 5.75 Å². The van der Waals surface area contributed by atoms with Gasteiger partial charge in [0.25, 0.3) is 11.8 Å². The molecule has 0 saturated carbocycles. The molecule has 2 aromatic carbocycles. The number of methoxy groups -OCH3 is 1. The van der Waals surface area contributed by atoms with Crippen molar-refractivity contribution in [2.24, 2.45) is 0 Å². The molecular formula is C22H24N2O4. The van der Waals surface area contributed by atoms with Crippen LogP contribution in [-0.4, -0.2) is 49.1 Å². The number of hydrogen-bond donors (Lipinski definition) is 1. The minimum absolute atomic E-state index is 0.124. The summed E-state index contributed by atoms with van der Waals surface area (Å²) in [5.41, 5.74) is 3.62. The summed E-state index contributed by atoms with van der Waals surface area (Å²) in [5.74, 6) is -0.0955. The van der Waals surface area contributed by atoms with E-state index in [9.17, 15) is 14.7 Å². The van der Waals surface area contributed by atoms with Crippen molar-refractivity contribution in [2.45, 2.75) is 13.8 Å². The molecule has 0 aromatic heterocycles. The molecule has 0 radical (unpaired) electrons. The van der Waals surface area contributed by atoms with Crippen molar-refractivity contribution < 1.29 is 19.4 Å². The van der Waals surface area contributed by atoms with Gasteiger partial charge in [-0.3, -0.25) is 9.59 Å². The molecular weight excluding hydrogens is 356 g/mol. The first-order chi connectivity index (χ1) is 13.4. The van der Waals surface area contributed by atoms with Gasteiger partial charge in [-0.25, -0.2) is 4.90 Å². The molecule has 0 aliphatic carbocycles. The Labute approximate surface area is 164 Å². The molecule has 6 heteroatoms. The molecule has 1 heterocycles. The second-order valence-corrected chi connectivity index (χ2v) is 6.83. The van der Waals surface area contributed by atoms with Crippen molar-refractivity contribution in [2.75, 3.05) is 32.2 Å². The zero-order valence-corrected chi connectivity index (χ0v) is 16.5. The van der Waals surface area contributed by atoms with Gasteiger partial charge in [-0.15, -0.1) is 0 Å². The Morgan fingerprint density at radius 2 is 1.71 bits per heavy atom. The average Bonchev–Trinajstić information content (AvgIpc) is 2.94. The average molecular weight is 380 g/mol. The molecule has 0 atom stereocenters. The van der Waals surface area contributed by atoms with E-state index in [1.807, 2.05) is 32.0 Å². The SMILES string of the molecule is COc1ccc(C2=C(N(C)CCO)C(=O)N(c3cc(C)ccc3C)C2=O)cc1. The minimum Gasteiger partial charge on any atom is -0.497 e. The Bertz CT molecular complexity index is 948. The normalized spacial score (nSPS) is 14.1. The van der Waals surface area contributed by atoms with E-state index in [-0.39, 0.29) is 30.7 Å². The highest BCUT2D eigenvalue weighted by Crippen LogP contribution is 2.36. The predicted molar refractivity (Wildman–Crippen MR) is 108 cm³/mol. The number of ether oxygens (including phenoxy) is 1. The highest BCUT2D eigenvalue weighted by Gasteiger charge is 2.42. The van der Waals surface area contributed by atoms with E-state index in [0.29, 0.717) is 22.6 Å². The van der Waals surface area contributed by atoms with Crippen LogP contribution >= 0.6 is 0 Å². The van der Waals surface area contributed by atoms with E-state index in [4.69, 9.17) is 4.74 Å². The number of aliphatic hydroxyl groups excluding tert-OH is 1. The maximum atomic E-state index is 13.4. The number of carbonyl (C=O) groups is 2. The van der Waals surface area contributed by atoms with Gasteiger partial charge in [0.1, 0.15) is 11.4 Å². The summed E-state index contributed by atoms with van der Waals surface area (Å²) in [5, 5.41) is 9.35. The number of rotatable bonds is 6. The van der Waals surface area contributed by atoms with Crippen LogP contribution in [-0.2, 0) is 9.59 Å². The van der Waals surface area contributed by atoms with Crippen LogP contribution in [0.15, 0.2) is 48.2 Å². The van der Waals surface area contributed by atoms with Crippen LogP contribution in [0, 0.1) is 13.8 Å². The number of amides is 2. The first-order valence-corrected chi connectivity index (χ1v) is 9.05. The largest absolute Gasteiger partial charge is 0.497 e. The Kier molecular flexibility index (Phi) is 5.51. The lowest BCUT2D eigenvalue weighted by Crippen LogP contribution is -2.35. The van der Waals surface area contributed by atoms with Gasteiger partial charge in [0.2, 0.25) is 0 Å². The fourth-order valence-corrected chi connectivity index (χ4v) is 3.33. The third-order valence-electron chi connectivity index (χ3n) is 4.86. The van der Waals surface area contributed by atoms with Crippen molar-refractivity contribution in [3.63, 3.8) is 0 Å². The van der Waals surface area contributed by atoms with Crippen LogP contribution < -0.4 is 9.64 Å². The number of aliphatic hydroxyl groups is 1. The third kappa shape index (κ3) is 3.39. The van der Waals surface area contributed by atoms with Crippen LogP contribution in [0.2, 0.25) is 0 Å². The maximum absolute atomic E-state index is 13.4. The molecule has 0 unspecified atom stereocenters. The fourth-order valence-electron chi connectivity index (χ4n) is 3.33. The van der Waals surface area contributed by atoms with E-state index in [1.54, 1.807) is 43.3 Å². The molecule has 28 heavy (non-hydrogen) atoms. The second kappa shape index (κ2) is 7.86. The summed E-state index contributed by atoms with van der Waals surface area (Å²) >= 11 is 0. The Hall–Kier alpha value is -3.12. The van der Waals surface area contributed by atoms with Gasteiger partial charge in [0.15, 0.2) is 0 Å². The van der Waals surface area contributed by atoms with Crippen LogP contribution in [0.25, 0.3) is 5.57 Å². The summed E-state index contributed by atoms with van der Waals surface area (Å²) < 4.78 is 5.19. The smallest absolute Gasteiger partial charge is 0.282 e. The third-order valence-corrected chi connectivity index (χ3v) is 4.86. The number of imide groups is 1. The topological polar surface area (TPSA) is 70.1 Å². The van der Waals surface area contributed by atoms with Gasteiger partial charge in [0.05, 0.1) is 25.0 Å². The molecule has 1 aliphatic heterocycles. The van der Waals surface area contributed by atoms with Crippen molar-refractivity contribution in [1.82, 2.24) is 4.90 Å². The second-order valence-electron chi connectivity index (χ2n) is 6.83. The lowest BCUT2D eigenvalue weighted by molar-refractivity contribution is -0.120. The molecule has 0 saturated heterocycles. The number of benzene rings is 2. The lowest BCUT2D eigenvalue weighted by atomic mass is 10.0. The number of hydrogen-bond acceptors (Lipinski definition) is 5. The number of nitrogens with zero attached hydrogens (tertiary/aromatic N) is 2. The molecule has 0 spiro atoms. The summed E-state index contributed by atoms with van der Waals surface area (Å²) in [6.07, 6.45) is 0. The highest BCUT2D eigenvalue weighted by molar-refractivity contribution is 6.45. The Balaban J connectivity index is 2.15. The first kappa shape index (κ1) is 19.6. The molecule has 3 rings (SSSR count). The monoisotopic (exact) mass is 380 g/mol. The number of aryl methyl sites for hydroxylation is 2. The molecule has 1 aliphatic rings. The molecule has 2 amide bonds. The van der Waals surface area contributed by atoms with Gasteiger partial charge < -0.3 is 14.7 Å². The highest BCUT2D eigenvalue weighted by atomic mass is 16.5. The summed E-state index contributed by atoms with van der Waals surface area (Å²) in [4.78, 5) is 29.5. The van der Waals surface area contributed by atoms with E-state index >= 15 is 0 Å². The quantitative estimate of drug-likeness (QED) is 0.780. The number of carbonyl (C=O) groups excluding carboxylic acids is 2. The van der Waals surface area contributed by atoms with Crippen LogP contribution in [0.1, 0.15) is 16.7 Å². The standard InChI is InChI=1S/C22H24N2O4/c1-14-5-6-15(2)18(13-14)24-21(26)19(16-7-9-17(28-4)10-8-16)20(22(24)27)23(3)11-12-25/h5-10,13,25H,11-12H2,1-4H3. The van der Waals surface area contributed by atoms with Crippen molar-refractivity contribution in [1.29, 1.82) is 0 Å². The molecule has 0 bridgehead atoms. The van der Waals surface area contributed by atoms with Gasteiger partial charge in [0, 0.05) is 13.6 Å². The van der Waals surface area contributed by atoms with Crippen LogP contribution in [0.4, 0.5) is 5.69 Å². The summed E-state index contributed by atoms with van der Waals surface area (Å²) in [6, 6.07) is 12.7. The van der Waals surface area contributed by atoms with E-state index in [0.717, 1.165) is 11.1 Å². The molecule has 2 aromatic rings. The van der Waals surface area contributed by atoms with E-state index < -0.39 is 0 Å². The maximum Gasteiger partial charge on any atom is 0.282 e. The van der Waals surface area contributed by atoms with Crippen LogP contribution in [0.5, 0.6) is 5.75 Å². The van der Waals surface area contributed by atoms with Crippen molar-refractivity contribution in [3.05, 3.63) is 64.9 Å². The predicted octanol–water partition coefficient (Wildman–Crippen LogP) is 2.52. The molecule has 0 fully saturated rings. The van der Waals surface area contributed by atoms with Gasteiger partial charge in [-0.2, -0.15) is 0 Å². The molecule has 1 N–H and O–H groups in total. The summed E-state index contributed by atoms with van der Waals surface area (Å²) in [6.45, 7) is 3.91. The van der Waals surface area contributed by atoms with E-state index in [2.05, 4.69) is 0 Å².